The quantitative estimate of drug-likeness (QED) is 0.502. The second-order valence-corrected chi connectivity index (χ2v) is 9.41. The second kappa shape index (κ2) is 10.0. The lowest BCUT2D eigenvalue weighted by Gasteiger charge is -2.17. The molecular weight excluding hydrogens is 402 g/mol. The summed E-state index contributed by atoms with van der Waals surface area (Å²) >= 11 is 0. The molecule has 0 atom stereocenters. The molecule has 2 amide bonds. The van der Waals surface area contributed by atoms with Crippen molar-refractivity contribution in [1.82, 2.24) is 9.88 Å². The molecule has 0 saturated heterocycles. The van der Waals surface area contributed by atoms with Gasteiger partial charge in [0.2, 0.25) is 5.91 Å². The van der Waals surface area contributed by atoms with Gasteiger partial charge in [0.05, 0.1) is 6.61 Å². The number of aromatic nitrogens is 1. The van der Waals surface area contributed by atoms with E-state index in [0.29, 0.717) is 31.8 Å². The lowest BCUT2D eigenvalue weighted by Crippen LogP contribution is -2.29. The maximum atomic E-state index is 12.9. The number of hydrogen-bond donors (Lipinski definition) is 2. The van der Waals surface area contributed by atoms with Crippen LogP contribution >= 0.6 is 0 Å². The fourth-order valence-corrected chi connectivity index (χ4v) is 3.74. The first kappa shape index (κ1) is 23.5. The Hall–Kier alpha value is -3.12. The first-order valence-corrected chi connectivity index (χ1v) is 10.9. The highest BCUT2D eigenvalue weighted by molar-refractivity contribution is 6.00. The number of rotatable bonds is 8. The standard InChI is InChI=1S/C26H33N3O3/c1-18-7-6-8-19(13-18)17-29-22-10-9-21(28-24(30)16-26(2,3)4)14-20(22)15-23(29)25(31)27-11-12-32-5/h6-10,13-15H,11-12,16-17H2,1-5H3,(H,27,31)(H,28,30). The van der Waals surface area contributed by atoms with Gasteiger partial charge in [-0.05, 0) is 42.2 Å². The van der Waals surface area contributed by atoms with Crippen LogP contribution < -0.4 is 10.6 Å². The monoisotopic (exact) mass is 435 g/mol. The van der Waals surface area contributed by atoms with Crippen molar-refractivity contribution in [3.8, 4) is 0 Å². The summed E-state index contributed by atoms with van der Waals surface area (Å²) in [6.07, 6.45) is 0.437. The number of anilines is 1. The molecule has 0 aliphatic rings. The van der Waals surface area contributed by atoms with E-state index in [4.69, 9.17) is 4.74 Å². The maximum Gasteiger partial charge on any atom is 0.268 e. The van der Waals surface area contributed by atoms with Gasteiger partial charge < -0.3 is 19.9 Å². The molecule has 0 saturated carbocycles. The minimum Gasteiger partial charge on any atom is -0.383 e. The Morgan fingerprint density at radius 3 is 2.53 bits per heavy atom. The topological polar surface area (TPSA) is 72.4 Å². The molecule has 0 unspecified atom stereocenters. The summed E-state index contributed by atoms with van der Waals surface area (Å²) < 4.78 is 7.07. The predicted molar refractivity (Wildman–Crippen MR) is 129 cm³/mol. The fraction of sp³-hybridized carbons (Fsp3) is 0.385. The summed E-state index contributed by atoms with van der Waals surface area (Å²) in [5, 5.41) is 6.80. The van der Waals surface area contributed by atoms with Gasteiger partial charge in [-0.2, -0.15) is 0 Å². The third-order valence-corrected chi connectivity index (χ3v) is 5.12. The molecule has 0 aliphatic heterocycles. The highest BCUT2D eigenvalue weighted by Crippen LogP contribution is 2.26. The van der Waals surface area contributed by atoms with Crippen molar-refractivity contribution < 1.29 is 14.3 Å². The maximum absolute atomic E-state index is 12.9. The number of nitrogens with one attached hydrogen (secondary N) is 2. The Morgan fingerprint density at radius 2 is 1.84 bits per heavy atom. The van der Waals surface area contributed by atoms with Gasteiger partial charge in [0.25, 0.3) is 5.91 Å². The molecule has 6 heteroatoms. The van der Waals surface area contributed by atoms with E-state index in [1.165, 1.54) is 5.56 Å². The van der Waals surface area contributed by atoms with E-state index in [1.807, 2.05) is 55.7 Å². The first-order chi connectivity index (χ1) is 15.2. The van der Waals surface area contributed by atoms with Crippen LogP contribution in [0.3, 0.4) is 0 Å². The third kappa shape index (κ3) is 6.20. The molecule has 0 radical (unpaired) electrons. The predicted octanol–water partition coefficient (Wildman–Crippen LogP) is 4.75. The van der Waals surface area contributed by atoms with Crippen molar-refractivity contribution in [3.63, 3.8) is 0 Å². The zero-order valence-electron chi connectivity index (χ0n) is 19.6. The Balaban J connectivity index is 1.94. The average molecular weight is 436 g/mol. The number of hydrogen-bond acceptors (Lipinski definition) is 3. The van der Waals surface area contributed by atoms with Gasteiger partial charge in [0.15, 0.2) is 0 Å². The van der Waals surface area contributed by atoms with Gasteiger partial charge in [-0.15, -0.1) is 0 Å². The van der Waals surface area contributed by atoms with Gasteiger partial charge in [-0.1, -0.05) is 50.6 Å². The molecule has 32 heavy (non-hydrogen) atoms. The highest BCUT2D eigenvalue weighted by Gasteiger charge is 2.18. The van der Waals surface area contributed by atoms with Gasteiger partial charge in [-0.3, -0.25) is 9.59 Å². The molecule has 6 nitrogen and oxygen atoms in total. The Labute approximate surface area is 190 Å². The van der Waals surface area contributed by atoms with E-state index < -0.39 is 0 Å². The highest BCUT2D eigenvalue weighted by atomic mass is 16.5. The molecule has 170 valence electrons. The number of carbonyl (C=O) groups excluding carboxylic acids is 2. The van der Waals surface area contributed by atoms with Gasteiger partial charge >= 0.3 is 0 Å². The summed E-state index contributed by atoms with van der Waals surface area (Å²) in [6, 6.07) is 15.9. The number of methoxy groups -OCH3 is 1. The van der Waals surface area contributed by atoms with Gasteiger partial charge in [-0.25, -0.2) is 0 Å². The van der Waals surface area contributed by atoms with Crippen LogP contribution in [0.2, 0.25) is 0 Å². The van der Waals surface area contributed by atoms with Crippen LogP contribution in [-0.4, -0.2) is 36.6 Å². The largest absolute Gasteiger partial charge is 0.383 e. The number of fused-ring (bicyclic) bond motifs is 1. The van der Waals surface area contributed by atoms with E-state index in [-0.39, 0.29) is 17.2 Å². The zero-order valence-corrected chi connectivity index (χ0v) is 19.6. The molecule has 3 rings (SSSR count). The normalized spacial score (nSPS) is 11.5. The average Bonchev–Trinajstić information content (AvgIpc) is 3.04. The van der Waals surface area contributed by atoms with Crippen LogP contribution in [0, 0.1) is 12.3 Å². The van der Waals surface area contributed by atoms with Crippen molar-refractivity contribution in [2.24, 2.45) is 5.41 Å². The Kier molecular flexibility index (Phi) is 7.36. The van der Waals surface area contributed by atoms with Crippen molar-refractivity contribution in [2.75, 3.05) is 25.6 Å². The zero-order chi connectivity index (χ0) is 23.3. The number of nitrogens with zero attached hydrogens (tertiary/aromatic N) is 1. The number of amides is 2. The van der Waals surface area contributed by atoms with E-state index in [0.717, 1.165) is 22.2 Å². The number of benzene rings is 2. The molecule has 2 N–H and O–H groups in total. The Morgan fingerprint density at radius 1 is 1.06 bits per heavy atom. The molecule has 1 heterocycles. The van der Waals surface area contributed by atoms with E-state index in [2.05, 4.69) is 35.8 Å². The minimum atomic E-state index is -0.149. The van der Waals surface area contributed by atoms with Crippen LogP contribution in [0.15, 0.2) is 48.5 Å². The first-order valence-electron chi connectivity index (χ1n) is 10.9. The number of carbonyl (C=O) groups is 2. The minimum absolute atomic E-state index is 0.0198. The van der Waals surface area contributed by atoms with Crippen LogP contribution in [0.1, 0.15) is 48.8 Å². The summed E-state index contributed by atoms with van der Waals surface area (Å²) in [4.78, 5) is 25.3. The molecule has 0 bridgehead atoms. The molecule has 3 aromatic rings. The SMILES string of the molecule is COCCNC(=O)c1cc2cc(NC(=O)CC(C)(C)C)ccc2n1Cc1cccc(C)c1. The summed E-state index contributed by atoms with van der Waals surface area (Å²) in [6.45, 7) is 9.64. The van der Waals surface area contributed by atoms with Crippen LogP contribution in [0.4, 0.5) is 5.69 Å². The van der Waals surface area contributed by atoms with Crippen molar-refractivity contribution in [1.29, 1.82) is 0 Å². The van der Waals surface area contributed by atoms with Crippen LogP contribution in [0.5, 0.6) is 0 Å². The summed E-state index contributed by atoms with van der Waals surface area (Å²) in [5.74, 6) is -0.169. The van der Waals surface area contributed by atoms with Crippen molar-refractivity contribution in [2.45, 2.75) is 40.7 Å². The second-order valence-electron chi connectivity index (χ2n) is 9.41. The van der Waals surface area contributed by atoms with Gasteiger partial charge in [0, 0.05) is 43.2 Å². The molecule has 0 aliphatic carbocycles. The van der Waals surface area contributed by atoms with Crippen LogP contribution in [-0.2, 0) is 16.1 Å². The fourth-order valence-electron chi connectivity index (χ4n) is 3.74. The lowest BCUT2D eigenvalue weighted by atomic mass is 9.92. The Bertz CT molecular complexity index is 1110. The third-order valence-electron chi connectivity index (χ3n) is 5.12. The molecule has 1 aromatic heterocycles. The molecule has 0 fully saturated rings. The van der Waals surface area contributed by atoms with E-state index in [1.54, 1.807) is 7.11 Å². The van der Waals surface area contributed by atoms with Crippen molar-refractivity contribution in [3.05, 3.63) is 65.4 Å². The lowest BCUT2D eigenvalue weighted by molar-refractivity contribution is -0.117. The van der Waals surface area contributed by atoms with Crippen molar-refractivity contribution >= 4 is 28.4 Å². The number of aryl methyl sites for hydroxylation is 1. The molecule has 2 aromatic carbocycles. The van der Waals surface area contributed by atoms with E-state index >= 15 is 0 Å². The van der Waals surface area contributed by atoms with Gasteiger partial charge in [0.1, 0.15) is 5.69 Å². The molecular formula is C26H33N3O3. The number of ether oxygens (including phenoxy) is 1. The molecule has 0 spiro atoms. The smallest absolute Gasteiger partial charge is 0.268 e. The van der Waals surface area contributed by atoms with E-state index in [9.17, 15) is 9.59 Å². The van der Waals surface area contributed by atoms with Crippen LogP contribution in [0.25, 0.3) is 10.9 Å². The summed E-state index contributed by atoms with van der Waals surface area (Å²) in [5.41, 5.74) is 4.46. The summed E-state index contributed by atoms with van der Waals surface area (Å²) in [7, 11) is 1.61.